The minimum atomic E-state index is 0.104. The van der Waals surface area contributed by atoms with Crippen LogP contribution in [0.15, 0.2) is 6.07 Å². The molecule has 7 heteroatoms. The number of carbonyl (C=O) groups excluding carboxylic acids is 2. The Morgan fingerprint density at radius 1 is 1.16 bits per heavy atom. The Bertz CT molecular complexity index is 648. The smallest absolute Gasteiger partial charge is 0.264 e. The number of likely N-dealkylation sites (tertiary alicyclic amines) is 1. The Morgan fingerprint density at radius 3 is 2.44 bits per heavy atom. The number of nitrogens with zero attached hydrogens (tertiary/aromatic N) is 4. The lowest BCUT2D eigenvalue weighted by molar-refractivity contribution is -0.119. The van der Waals surface area contributed by atoms with Crippen molar-refractivity contribution in [3.05, 3.63) is 15.8 Å². The molecule has 0 aromatic carbocycles. The van der Waals surface area contributed by atoms with Crippen molar-refractivity contribution in [2.75, 3.05) is 59.3 Å². The molecule has 0 N–H and O–H groups in total. The monoisotopic (exact) mass is 364 g/mol. The number of carbonyl (C=O) groups is 2. The molecule has 1 aromatic rings. The maximum Gasteiger partial charge on any atom is 0.264 e. The highest BCUT2D eigenvalue weighted by molar-refractivity contribution is 7.14. The van der Waals surface area contributed by atoms with Crippen LogP contribution in [0, 0.1) is 0 Å². The number of likely N-dealkylation sites (N-methyl/N-ethyl adjacent to an activating group) is 1. The molecule has 138 valence electrons. The van der Waals surface area contributed by atoms with E-state index in [1.165, 1.54) is 4.88 Å². The predicted molar refractivity (Wildman–Crippen MR) is 102 cm³/mol. The third-order valence-corrected chi connectivity index (χ3v) is 6.26. The fourth-order valence-corrected chi connectivity index (χ4v) is 4.74. The summed E-state index contributed by atoms with van der Waals surface area (Å²) in [4.78, 5) is 35.1. The van der Waals surface area contributed by atoms with Crippen LogP contribution in [0.25, 0.3) is 0 Å². The van der Waals surface area contributed by atoms with Gasteiger partial charge in [-0.3, -0.25) is 9.59 Å². The van der Waals surface area contributed by atoms with Gasteiger partial charge in [0.15, 0.2) is 0 Å². The normalized spacial score (nSPS) is 18.3. The first-order valence-corrected chi connectivity index (χ1v) is 9.72. The van der Waals surface area contributed by atoms with E-state index < -0.39 is 0 Å². The molecule has 2 aliphatic rings. The second-order valence-corrected chi connectivity index (χ2v) is 8.58. The molecule has 0 bridgehead atoms. The summed E-state index contributed by atoms with van der Waals surface area (Å²) in [6.07, 6.45) is 2.91. The van der Waals surface area contributed by atoms with Crippen molar-refractivity contribution >= 4 is 28.8 Å². The number of amides is 2. The molecule has 0 unspecified atom stereocenters. The van der Waals surface area contributed by atoms with Gasteiger partial charge in [-0.25, -0.2) is 0 Å². The van der Waals surface area contributed by atoms with Crippen LogP contribution < -0.4 is 4.90 Å². The molecule has 1 aromatic heterocycles. The highest BCUT2D eigenvalue weighted by Crippen LogP contribution is 2.36. The first kappa shape index (κ1) is 18.4. The third-order valence-electron chi connectivity index (χ3n) is 5.09. The molecule has 0 aliphatic carbocycles. The highest BCUT2D eigenvalue weighted by Gasteiger charge is 2.31. The average molecular weight is 365 g/mol. The molecule has 6 nitrogen and oxygen atoms in total. The average Bonchev–Trinajstić information content (AvgIpc) is 3.13. The summed E-state index contributed by atoms with van der Waals surface area (Å²) in [6.45, 7) is 2.76. The molecule has 1 fully saturated rings. The van der Waals surface area contributed by atoms with Gasteiger partial charge >= 0.3 is 0 Å². The van der Waals surface area contributed by atoms with Crippen molar-refractivity contribution < 1.29 is 9.59 Å². The van der Waals surface area contributed by atoms with E-state index in [0.717, 1.165) is 49.5 Å². The van der Waals surface area contributed by atoms with E-state index in [1.807, 2.05) is 34.9 Å². The van der Waals surface area contributed by atoms with Crippen LogP contribution >= 0.6 is 11.3 Å². The van der Waals surface area contributed by atoms with Gasteiger partial charge in [0.1, 0.15) is 0 Å². The molecule has 0 radical (unpaired) electrons. The predicted octanol–water partition coefficient (Wildman–Crippen LogP) is 1.37. The number of thiophene rings is 1. The fraction of sp³-hybridized carbons (Fsp3) is 0.667. The Balaban J connectivity index is 1.67. The summed E-state index contributed by atoms with van der Waals surface area (Å²) in [6, 6.07) is 2.50. The van der Waals surface area contributed by atoms with Gasteiger partial charge in [-0.15, -0.1) is 11.3 Å². The van der Waals surface area contributed by atoms with E-state index in [2.05, 4.69) is 19.0 Å². The van der Waals surface area contributed by atoms with Crippen molar-refractivity contribution in [1.29, 1.82) is 0 Å². The lowest BCUT2D eigenvalue weighted by atomic mass is 10.0. The van der Waals surface area contributed by atoms with Gasteiger partial charge < -0.3 is 19.6 Å². The Kier molecular flexibility index (Phi) is 5.46. The van der Waals surface area contributed by atoms with Crippen molar-refractivity contribution in [2.24, 2.45) is 0 Å². The van der Waals surface area contributed by atoms with Gasteiger partial charge in [-0.1, -0.05) is 0 Å². The number of hydrogen-bond donors (Lipinski definition) is 0. The zero-order valence-electron chi connectivity index (χ0n) is 15.6. The number of hydrogen-bond acceptors (Lipinski definition) is 5. The number of piperidine rings is 1. The standard InChI is InChI=1S/C18H28N4O2S/c1-19(2)12-17(23)22-10-7-15-14(22)11-16(25-15)18(24)21-8-5-13(6-9-21)20(3)4/h11,13H,5-10,12H2,1-4H3. The van der Waals surface area contributed by atoms with Gasteiger partial charge in [0.25, 0.3) is 5.91 Å². The van der Waals surface area contributed by atoms with Gasteiger partial charge in [0, 0.05) is 37.0 Å². The maximum absolute atomic E-state index is 12.8. The van der Waals surface area contributed by atoms with Crippen molar-refractivity contribution in [3.8, 4) is 0 Å². The van der Waals surface area contributed by atoms with Crippen LogP contribution in [-0.2, 0) is 11.2 Å². The minimum absolute atomic E-state index is 0.104. The fourth-order valence-electron chi connectivity index (χ4n) is 3.62. The van der Waals surface area contributed by atoms with Crippen LogP contribution in [0.1, 0.15) is 27.4 Å². The summed E-state index contributed by atoms with van der Waals surface area (Å²) in [7, 11) is 8.00. The number of anilines is 1. The molecule has 0 saturated carbocycles. The second-order valence-electron chi connectivity index (χ2n) is 7.44. The largest absolute Gasteiger partial charge is 0.338 e. The van der Waals surface area contributed by atoms with Crippen LogP contribution in [0.5, 0.6) is 0 Å². The van der Waals surface area contributed by atoms with Gasteiger partial charge in [0.05, 0.1) is 17.1 Å². The topological polar surface area (TPSA) is 47.1 Å². The van der Waals surface area contributed by atoms with Crippen LogP contribution in [0.2, 0.25) is 0 Å². The van der Waals surface area contributed by atoms with Crippen LogP contribution in [0.3, 0.4) is 0 Å². The summed E-state index contributed by atoms with van der Waals surface area (Å²) < 4.78 is 0. The highest BCUT2D eigenvalue weighted by atomic mass is 32.1. The van der Waals surface area contributed by atoms with Gasteiger partial charge in [0.2, 0.25) is 5.91 Å². The van der Waals surface area contributed by atoms with E-state index in [-0.39, 0.29) is 11.8 Å². The summed E-state index contributed by atoms with van der Waals surface area (Å²) in [5, 5.41) is 0. The summed E-state index contributed by atoms with van der Waals surface area (Å²) in [5.74, 6) is 0.226. The minimum Gasteiger partial charge on any atom is -0.338 e. The number of rotatable bonds is 4. The number of fused-ring (bicyclic) bond motifs is 1. The molecule has 0 spiro atoms. The van der Waals surface area contributed by atoms with Gasteiger partial charge in [-0.2, -0.15) is 0 Å². The summed E-state index contributed by atoms with van der Waals surface area (Å²) >= 11 is 1.56. The van der Waals surface area contributed by atoms with E-state index in [4.69, 9.17) is 0 Å². The Morgan fingerprint density at radius 2 is 1.84 bits per heavy atom. The van der Waals surface area contributed by atoms with Gasteiger partial charge in [-0.05, 0) is 47.1 Å². The van der Waals surface area contributed by atoms with Crippen LogP contribution in [0.4, 0.5) is 5.69 Å². The van der Waals surface area contributed by atoms with E-state index in [0.29, 0.717) is 12.6 Å². The Hall–Kier alpha value is -1.44. The lowest BCUT2D eigenvalue weighted by Crippen LogP contribution is -2.44. The molecule has 1 saturated heterocycles. The first-order valence-electron chi connectivity index (χ1n) is 8.90. The SMILES string of the molecule is CN(C)CC(=O)N1CCc2sc(C(=O)N3CCC(N(C)C)CC3)cc21. The first-order chi connectivity index (χ1) is 11.9. The molecular weight excluding hydrogens is 336 g/mol. The zero-order valence-corrected chi connectivity index (χ0v) is 16.4. The third kappa shape index (κ3) is 3.88. The second kappa shape index (κ2) is 7.43. The van der Waals surface area contributed by atoms with Crippen molar-refractivity contribution in [3.63, 3.8) is 0 Å². The lowest BCUT2D eigenvalue weighted by Gasteiger charge is -2.35. The molecule has 3 heterocycles. The van der Waals surface area contributed by atoms with Crippen molar-refractivity contribution in [2.45, 2.75) is 25.3 Å². The van der Waals surface area contributed by atoms with E-state index in [9.17, 15) is 9.59 Å². The molecule has 0 atom stereocenters. The molecule has 25 heavy (non-hydrogen) atoms. The molecule has 2 aliphatic heterocycles. The molecular formula is C18H28N4O2S. The van der Waals surface area contributed by atoms with Crippen molar-refractivity contribution in [1.82, 2.24) is 14.7 Å². The van der Waals surface area contributed by atoms with E-state index >= 15 is 0 Å². The Labute approximate surface area is 154 Å². The summed E-state index contributed by atoms with van der Waals surface area (Å²) in [5.41, 5.74) is 0.948. The zero-order chi connectivity index (χ0) is 18.1. The maximum atomic E-state index is 12.8. The molecule has 3 rings (SSSR count). The van der Waals surface area contributed by atoms with E-state index in [1.54, 1.807) is 11.3 Å². The molecule has 2 amide bonds. The van der Waals surface area contributed by atoms with Crippen LogP contribution in [-0.4, -0.2) is 86.9 Å². The quantitative estimate of drug-likeness (QED) is 0.810.